The molecule has 0 saturated heterocycles. The van der Waals surface area contributed by atoms with E-state index < -0.39 is 12.1 Å². The first-order chi connectivity index (χ1) is 12.0. The van der Waals surface area contributed by atoms with Crippen LogP contribution in [0.1, 0.15) is 47.9 Å². The van der Waals surface area contributed by atoms with E-state index in [0.717, 1.165) is 53.7 Å². The number of hydrogen-bond acceptors (Lipinski definition) is 6. The summed E-state index contributed by atoms with van der Waals surface area (Å²) in [4.78, 5) is 17.1. The smallest absolute Gasteiger partial charge is 0.341 e. The summed E-state index contributed by atoms with van der Waals surface area (Å²) in [5.41, 5.74) is 6.78. The third kappa shape index (κ3) is 2.39. The Labute approximate surface area is 146 Å². The van der Waals surface area contributed by atoms with Crippen molar-refractivity contribution in [2.75, 3.05) is 7.11 Å². The molecule has 1 aromatic rings. The van der Waals surface area contributed by atoms with Crippen molar-refractivity contribution in [2.24, 2.45) is 0 Å². The van der Waals surface area contributed by atoms with Gasteiger partial charge in [0.1, 0.15) is 17.1 Å². The number of aromatic hydroxyl groups is 1. The molecule has 1 fully saturated rings. The van der Waals surface area contributed by atoms with E-state index in [1.54, 1.807) is 6.08 Å². The second-order valence-electron chi connectivity index (χ2n) is 7.16. The lowest BCUT2D eigenvalue weighted by atomic mass is 9.73. The molecule has 134 valence electrons. The Morgan fingerprint density at radius 3 is 2.72 bits per heavy atom. The normalized spacial score (nSPS) is 23.2. The minimum Gasteiger partial charge on any atom is -0.507 e. The first kappa shape index (κ1) is 16.3. The number of benzene rings is 1. The number of phenols is 1. The van der Waals surface area contributed by atoms with Crippen LogP contribution < -0.4 is 10.2 Å². The van der Waals surface area contributed by atoms with E-state index in [4.69, 9.17) is 14.3 Å². The molecule has 1 unspecified atom stereocenters. The molecule has 6 nitrogen and oxygen atoms in total. The van der Waals surface area contributed by atoms with Gasteiger partial charge in [-0.3, -0.25) is 10.3 Å². The number of carbonyl (C=O) groups is 1. The Morgan fingerprint density at radius 2 is 2.08 bits per heavy atom. The Bertz CT molecular complexity index is 779. The molecule has 0 bridgehead atoms. The number of phenolic OH excluding ortho intramolecular Hbond substituents is 1. The fourth-order valence-corrected chi connectivity index (χ4v) is 4.03. The molecule has 1 spiro atoms. The zero-order valence-electron chi connectivity index (χ0n) is 14.8. The van der Waals surface area contributed by atoms with E-state index in [0.29, 0.717) is 5.70 Å². The van der Waals surface area contributed by atoms with Gasteiger partial charge in [-0.05, 0) is 57.6 Å². The highest BCUT2D eigenvalue weighted by molar-refractivity contribution is 5.84. The van der Waals surface area contributed by atoms with E-state index >= 15 is 0 Å². The zero-order chi connectivity index (χ0) is 17.8. The highest BCUT2D eigenvalue weighted by Crippen LogP contribution is 2.51. The number of hydroxylamine groups is 1. The van der Waals surface area contributed by atoms with Gasteiger partial charge in [0.25, 0.3) is 0 Å². The van der Waals surface area contributed by atoms with Gasteiger partial charge in [0, 0.05) is 16.7 Å². The summed E-state index contributed by atoms with van der Waals surface area (Å²) in [5.74, 6) is 0.611. The maximum atomic E-state index is 11.7. The van der Waals surface area contributed by atoms with Crippen molar-refractivity contribution >= 4 is 11.7 Å². The summed E-state index contributed by atoms with van der Waals surface area (Å²) in [6.07, 6.45) is 6.06. The standard InChI is InChI=1S/C19H23NO5/c1-10-12-5-8-19(6-4-7-19)24-17(12)15(11(2)16(10)21)13-9-14(25-20-13)18(22)23-3/h9,14,20-21H,4-8H2,1-3H3. The average molecular weight is 345 g/mol. The molecule has 2 N–H and O–H groups in total. The highest BCUT2D eigenvalue weighted by atomic mass is 16.7. The Morgan fingerprint density at radius 1 is 1.32 bits per heavy atom. The lowest BCUT2D eigenvalue weighted by Gasteiger charge is -2.46. The predicted molar refractivity (Wildman–Crippen MR) is 91.1 cm³/mol. The van der Waals surface area contributed by atoms with Gasteiger partial charge in [0.2, 0.25) is 6.10 Å². The van der Waals surface area contributed by atoms with E-state index in [-0.39, 0.29) is 11.4 Å². The molecule has 1 atom stereocenters. The molecular formula is C19H23NO5. The lowest BCUT2D eigenvalue weighted by molar-refractivity contribution is -0.152. The summed E-state index contributed by atoms with van der Waals surface area (Å²) in [7, 11) is 1.33. The molecule has 0 amide bonds. The molecular weight excluding hydrogens is 322 g/mol. The van der Waals surface area contributed by atoms with E-state index in [9.17, 15) is 9.90 Å². The maximum absolute atomic E-state index is 11.7. The van der Waals surface area contributed by atoms with Gasteiger partial charge in [-0.1, -0.05) is 0 Å². The van der Waals surface area contributed by atoms with Crippen LogP contribution in [0.2, 0.25) is 0 Å². The second-order valence-corrected chi connectivity index (χ2v) is 7.16. The first-order valence-electron chi connectivity index (χ1n) is 8.71. The summed E-state index contributed by atoms with van der Waals surface area (Å²) in [5, 5.41) is 10.6. The van der Waals surface area contributed by atoms with Crippen molar-refractivity contribution in [3.8, 4) is 11.5 Å². The van der Waals surface area contributed by atoms with E-state index in [1.807, 2.05) is 13.8 Å². The van der Waals surface area contributed by atoms with Crippen molar-refractivity contribution in [3.05, 3.63) is 28.3 Å². The molecule has 2 aliphatic heterocycles. The number of nitrogens with one attached hydrogen (secondary N) is 1. The van der Waals surface area contributed by atoms with Crippen LogP contribution in [-0.4, -0.2) is 29.9 Å². The van der Waals surface area contributed by atoms with Gasteiger partial charge < -0.3 is 14.6 Å². The van der Waals surface area contributed by atoms with Crippen molar-refractivity contribution in [1.82, 2.24) is 5.48 Å². The Balaban J connectivity index is 1.82. The fourth-order valence-electron chi connectivity index (χ4n) is 4.03. The van der Waals surface area contributed by atoms with Gasteiger partial charge in [0.05, 0.1) is 12.8 Å². The van der Waals surface area contributed by atoms with Crippen LogP contribution in [0.25, 0.3) is 5.70 Å². The number of methoxy groups -OCH3 is 1. The van der Waals surface area contributed by atoms with Gasteiger partial charge in [-0.2, -0.15) is 0 Å². The van der Waals surface area contributed by atoms with Crippen LogP contribution >= 0.6 is 0 Å². The molecule has 3 aliphatic rings. The number of esters is 1. The van der Waals surface area contributed by atoms with Crippen LogP contribution in [0.15, 0.2) is 6.08 Å². The molecule has 1 aliphatic carbocycles. The van der Waals surface area contributed by atoms with Crippen LogP contribution in [-0.2, 0) is 20.8 Å². The third-order valence-electron chi connectivity index (χ3n) is 5.77. The largest absolute Gasteiger partial charge is 0.507 e. The molecule has 4 rings (SSSR count). The third-order valence-corrected chi connectivity index (χ3v) is 5.77. The summed E-state index contributed by atoms with van der Waals surface area (Å²) in [6, 6.07) is 0. The van der Waals surface area contributed by atoms with E-state index in [2.05, 4.69) is 5.48 Å². The van der Waals surface area contributed by atoms with Crippen LogP contribution in [0.5, 0.6) is 11.5 Å². The minimum absolute atomic E-state index is 0.0701. The molecule has 6 heteroatoms. The quantitative estimate of drug-likeness (QED) is 0.803. The van der Waals surface area contributed by atoms with Gasteiger partial charge >= 0.3 is 5.97 Å². The SMILES string of the molecule is COC(=O)C1C=C(c2c(C)c(O)c(C)c3c2OC2(CCC2)CC3)NO1. The monoisotopic (exact) mass is 345 g/mol. The Kier molecular flexibility index (Phi) is 3.68. The Hall–Kier alpha value is -2.21. The molecule has 1 aromatic carbocycles. The van der Waals surface area contributed by atoms with Crippen LogP contribution in [0.4, 0.5) is 0 Å². The number of rotatable bonds is 2. The minimum atomic E-state index is -0.806. The topological polar surface area (TPSA) is 77.0 Å². The highest BCUT2D eigenvalue weighted by Gasteiger charge is 2.44. The molecule has 2 heterocycles. The second kappa shape index (κ2) is 5.66. The molecule has 25 heavy (non-hydrogen) atoms. The summed E-state index contributed by atoms with van der Waals surface area (Å²) < 4.78 is 11.2. The molecule has 1 saturated carbocycles. The van der Waals surface area contributed by atoms with Crippen molar-refractivity contribution in [1.29, 1.82) is 0 Å². The van der Waals surface area contributed by atoms with Gasteiger partial charge in [-0.15, -0.1) is 0 Å². The number of fused-ring (bicyclic) bond motifs is 1. The van der Waals surface area contributed by atoms with E-state index in [1.165, 1.54) is 13.5 Å². The van der Waals surface area contributed by atoms with Crippen LogP contribution in [0.3, 0.4) is 0 Å². The van der Waals surface area contributed by atoms with Crippen molar-refractivity contribution < 1.29 is 24.2 Å². The molecule has 0 aromatic heterocycles. The number of carbonyl (C=O) groups excluding carboxylic acids is 1. The average Bonchev–Trinajstić information content (AvgIpc) is 3.07. The molecule has 0 radical (unpaired) electrons. The fraction of sp³-hybridized carbons (Fsp3) is 0.526. The number of ether oxygens (including phenoxy) is 2. The first-order valence-corrected chi connectivity index (χ1v) is 8.71. The maximum Gasteiger partial charge on any atom is 0.341 e. The van der Waals surface area contributed by atoms with Crippen LogP contribution in [0, 0.1) is 13.8 Å². The predicted octanol–water partition coefficient (Wildman–Crippen LogP) is 2.67. The summed E-state index contributed by atoms with van der Waals surface area (Å²) >= 11 is 0. The van der Waals surface area contributed by atoms with Crippen molar-refractivity contribution in [3.63, 3.8) is 0 Å². The zero-order valence-corrected chi connectivity index (χ0v) is 14.8. The van der Waals surface area contributed by atoms with Gasteiger partial charge in [0.15, 0.2) is 0 Å². The van der Waals surface area contributed by atoms with Gasteiger partial charge in [-0.25, -0.2) is 4.79 Å². The van der Waals surface area contributed by atoms with Crippen molar-refractivity contribution in [2.45, 2.75) is 57.7 Å². The summed E-state index contributed by atoms with van der Waals surface area (Å²) in [6.45, 7) is 3.79. The lowest BCUT2D eigenvalue weighted by Crippen LogP contribution is -2.46. The number of hydrogen-bond donors (Lipinski definition) is 2.